The van der Waals surface area contributed by atoms with Crippen molar-refractivity contribution in [3.05, 3.63) is 12.4 Å². The SMILES string of the molecule is CN1C=CN(CCCS(=O)(=O)O)C1.CS(=O)(=O)O. The van der Waals surface area contributed by atoms with Crippen molar-refractivity contribution in [3.63, 3.8) is 0 Å². The lowest BCUT2D eigenvalue weighted by Crippen LogP contribution is -2.24. The third kappa shape index (κ3) is 13.2. The van der Waals surface area contributed by atoms with Gasteiger partial charge < -0.3 is 9.80 Å². The Bertz CT molecular complexity index is 462. The summed E-state index contributed by atoms with van der Waals surface area (Å²) in [5.41, 5.74) is 0. The Morgan fingerprint density at radius 3 is 2.00 bits per heavy atom. The molecule has 0 unspecified atom stereocenters. The molecule has 0 aromatic carbocycles. The lowest BCUT2D eigenvalue weighted by atomic mass is 10.4. The number of nitrogens with zero attached hydrogens (tertiary/aromatic N) is 2. The van der Waals surface area contributed by atoms with Crippen molar-refractivity contribution in [3.8, 4) is 0 Å². The monoisotopic (exact) mass is 302 g/mol. The van der Waals surface area contributed by atoms with E-state index < -0.39 is 20.2 Å². The highest BCUT2D eigenvalue weighted by Crippen LogP contribution is 2.04. The second-order valence-corrected chi connectivity index (χ2v) is 6.92. The second kappa shape index (κ2) is 6.92. The molecule has 108 valence electrons. The molecule has 8 nitrogen and oxygen atoms in total. The lowest BCUT2D eigenvalue weighted by molar-refractivity contribution is 0.296. The molecule has 0 saturated heterocycles. The maximum absolute atomic E-state index is 10.4. The van der Waals surface area contributed by atoms with Gasteiger partial charge in [-0.1, -0.05) is 0 Å². The van der Waals surface area contributed by atoms with Gasteiger partial charge in [-0.25, -0.2) is 0 Å². The van der Waals surface area contributed by atoms with Gasteiger partial charge in [-0.3, -0.25) is 9.11 Å². The molecule has 1 aliphatic rings. The third-order valence-corrected chi connectivity index (χ3v) is 2.59. The van der Waals surface area contributed by atoms with E-state index in [0.29, 0.717) is 19.2 Å². The molecule has 0 bridgehead atoms. The number of hydrogen-bond donors (Lipinski definition) is 2. The Balaban J connectivity index is 0.000000494. The van der Waals surface area contributed by atoms with Crippen LogP contribution in [-0.4, -0.2) is 68.0 Å². The minimum Gasteiger partial charge on any atom is -0.362 e. The average Bonchev–Trinajstić information content (AvgIpc) is 2.45. The van der Waals surface area contributed by atoms with E-state index in [0.717, 1.165) is 6.67 Å². The van der Waals surface area contributed by atoms with Gasteiger partial charge in [0.1, 0.15) is 0 Å². The first-order valence-corrected chi connectivity index (χ1v) is 8.43. The maximum Gasteiger partial charge on any atom is 0.264 e. The summed E-state index contributed by atoms with van der Waals surface area (Å²) in [4.78, 5) is 3.98. The van der Waals surface area contributed by atoms with Gasteiger partial charge in [0.2, 0.25) is 0 Å². The molecule has 18 heavy (non-hydrogen) atoms. The van der Waals surface area contributed by atoms with Crippen molar-refractivity contribution >= 4 is 20.2 Å². The predicted octanol–water partition coefficient (Wildman–Crippen LogP) is -0.556. The van der Waals surface area contributed by atoms with Crippen molar-refractivity contribution in [2.75, 3.05) is 32.3 Å². The van der Waals surface area contributed by atoms with Gasteiger partial charge in [-0.2, -0.15) is 16.8 Å². The van der Waals surface area contributed by atoms with Gasteiger partial charge in [0.25, 0.3) is 20.2 Å². The van der Waals surface area contributed by atoms with Crippen LogP contribution in [0, 0.1) is 0 Å². The quantitative estimate of drug-likeness (QED) is 0.664. The molecule has 0 aromatic heterocycles. The van der Waals surface area contributed by atoms with Gasteiger partial charge in [-0.05, 0) is 6.42 Å². The van der Waals surface area contributed by atoms with E-state index in [1.54, 1.807) is 0 Å². The van der Waals surface area contributed by atoms with Crippen LogP contribution in [0.15, 0.2) is 12.4 Å². The summed E-state index contributed by atoms with van der Waals surface area (Å²) in [6, 6.07) is 0. The zero-order chi connectivity index (χ0) is 14.4. The fourth-order valence-corrected chi connectivity index (χ4v) is 1.68. The van der Waals surface area contributed by atoms with Gasteiger partial charge >= 0.3 is 0 Å². The fraction of sp³-hybridized carbons (Fsp3) is 0.750. The maximum atomic E-state index is 10.4. The Labute approximate surface area is 107 Å². The van der Waals surface area contributed by atoms with Crippen LogP contribution >= 0.6 is 0 Å². The van der Waals surface area contributed by atoms with Crippen molar-refractivity contribution in [1.82, 2.24) is 9.80 Å². The van der Waals surface area contributed by atoms with Crippen LogP contribution in [0.5, 0.6) is 0 Å². The molecule has 1 rings (SSSR count). The van der Waals surface area contributed by atoms with E-state index in [-0.39, 0.29) is 5.75 Å². The van der Waals surface area contributed by atoms with Crippen molar-refractivity contribution < 1.29 is 25.9 Å². The molecule has 0 atom stereocenters. The smallest absolute Gasteiger partial charge is 0.264 e. The molecular weight excluding hydrogens is 284 g/mol. The van der Waals surface area contributed by atoms with Gasteiger partial charge in [0.15, 0.2) is 0 Å². The molecule has 0 radical (unpaired) electrons. The van der Waals surface area contributed by atoms with E-state index in [9.17, 15) is 16.8 Å². The topological polar surface area (TPSA) is 115 Å². The standard InChI is InChI=1S/C7H14N2O3S.CH4O3S/c1-8-4-5-9(7-8)3-2-6-13(10,11)12;1-5(2,3)4/h4-5H,2-3,6-7H2,1H3,(H,10,11,12);1H3,(H,2,3,4). The average molecular weight is 302 g/mol. The van der Waals surface area contributed by atoms with Gasteiger partial charge in [0, 0.05) is 26.0 Å². The van der Waals surface area contributed by atoms with E-state index in [2.05, 4.69) is 0 Å². The first kappa shape index (κ1) is 17.2. The zero-order valence-electron chi connectivity index (χ0n) is 10.2. The Morgan fingerprint density at radius 2 is 1.67 bits per heavy atom. The minimum atomic E-state index is -3.79. The molecule has 0 spiro atoms. The summed E-state index contributed by atoms with van der Waals surface area (Å²) in [5.74, 6) is -0.166. The lowest BCUT2D eigenvalue weighted by Gasteiger charge is -2.17. The highest BCUT2D eigenvalue weighted by Gasteiger charge is 2.09. The molecule has 1 aliphatic heterocycles. The van der Waals surface area contributed by atoms with Crippen LogP contribution in [0.25, 0.3) is 0 Å². The Morgan fingerprint density at radius 1 is 1.17 bits per heavy atom. The summed E-state index contributed by atoms with van der Waals surface area (Å²) in [6.07, 6.45) is 5.00. The first-order chi connectivity index (χ1) is 7.97. The minimum absolute atomic E-state index is 0.166. The number of rotatable bonds is 4. The van der Waals surface area contributed by atoms with Crippen LogP contribution in [0.3, 0.4) is 0 Å². The van der Waals surface area contributed by atoms with E-state index in [4.69, 9.17) is 9.11 Å². The van der Waals surface area contributed by atoms with E-state index in [1.165, 1.54) is 0 Å². The first-order valence-electron chi connectivity index (χ1n) is 4.97. The van der Waals surface area contributed by atoms with Crippen LogP contribution in [0.1, 0.15) is 6.42 Å². The zero-order valence-corrected chi connectivity index (χ0v) is 11.9. The van der Waals surface area contributed by atoms with Crippen LogP contribution in [0.2, 0.25) is 0 Å². The van der Waals surface area contributed by atoms with E-state index >= 15 is 0 Å². The summed E-state index contributed by atoms with van der Waals surface area (Å²) < 4.78 is 55.1. The van der Waals surface area contributed by atoms with Crippen LogP contribution < -0.4 is 0 Å². The molecule has 0 fully saturated rings. The Hall–Kier alpha value is -0.840. The summed E-state index contributed by atoms with van der Waals surface area (Å²) in [5, 5.41) is 0. The van der Waals surface area contributed by atoms with Crippen LogP contribution in [0.4, 0.5) is 0 Å². The third-order valence-electron chi connectivity index (χ3n) is 1.78. The van der Waals surface area contributed by atoms with E-state index in [1.807, 2.05) is 29.2 Å². The van der Waals surface area contributed by atoms with Gasteiger partial charge in [-0.15, -0.1) is 0 Å². The highest BCUT2D eigenvalue weighted by atomic mass is 32.2. The van der Waals surface area contributed by atoms with Crippen LogP contribution in [-0.2, 0) is 20.2 Å². The van der Waals surface area contributed by atoms with Crippen molar-refractivity contribution in [2.24, 2.45) is 0 Å². The molecule has 0 amide bonds. The fourth-order valence-electron chi connectivity index (χ4n) is 1.18. The highest BCUT2D eigenvalue weighted by molar-refractivity contribution is 7.85. The number of hydrogen-bond acceptors (Lipinski definition) is 6. The molecule has 0 saturated carbocycles. The second-order valence-electron chi connectivity index (χ2n) is 3.88. The molecular formula is C8H18N2O6S2. The normalized spacial score (nSPS) is 15.6. The predicted molar refractivity (Wildman–Crippen MR) is 67.0 cm³/mol. The van der Waals surface area contributed by atoms with Crippen molar-refractivity contribution in [1.29, 1.82) is 0 Å². The summed E-state index contributed by atoms with van der Waals surface area (Å²) >= 11 is 0. The molecule has 2 N–H and O–H groups in total. The molecule has 0 aromatic rings. The summed E-state index contributed by atoms with van der Waals surface area (Å²) in [6.45, 7) is 1.44. The summed E-state index contributed by atoms with van der Waals surface area (Å²) in [7, 11) is -5.52. The van der Waals surface area contributed by atoms with Gasteiger partial charge in [0.05, 0.1) is 18.7 Å². The Kier molecular flexibility index (Phi) is 6.60. The molecule has 0 aliphatic carbocycles. The molecule has 10 heteroatoms. The largest absolute Gasteiger partial charge is 0.362 e. The van der Waals surface area contributed by atoms with Crippen molar-refractivity contribution in [2.45, 2.75) is 6.42 Å². The molecule has 1 heterocycles.